The van der Waals surface area contributed by atoms with Crippen LogP contribution in [0, 0.1) is 25.5 Å². The first kappa shape index (κ1) is 10.6. The molecule has 1 aromatic heterocycles. The minimum Gasteiger partial charge on any atom is -0.395 e. The smallest absolute Gasteiger partial charge is 0.151 e. The Labute approximate surface area is 91.5 Å². The maximum absolute atomic E-state index is 13.3. The van der Waals surface area contributed by atoms with Crippen LogP contribution in [0.4, 0.5) is 14.5 Å². The quantitative estimate of drug-likeness (QED) is 0.754. The summed E-state index contributed by atoms with van der Waals surface area (Å²) in [7, 11) is 0. The predicted molar refractivity (Wildman–Crippen MR) is 57.4 cm³/mol. The van der Waals surface area contributed by atoms with E-state index in [-0.39, 0.29) is 11.4 Å². The van der Waals surface area contributed by atoms with Gasteiger partial charge in [0, 0.05) is 17.8 Å². The fourth-order valence-electron chi connectivity index (χ4n) is 1.51. The molecule has 0 saturated carbocycles. The van der Waals surface area contributed by atoms with Crippen LogP contribution in [0.2, 0.25) is 0 Å². The highest BCUT2D eigenvalue weighted by Gasteiger charge is 2.12. The highest BCUT2D eigenvalue weighted by atomic mass is 19.1. The maximum Gasteiger partial charge on any atom is 0.151 e. The standard InChI is InChI=1S/C11H11F2N3/c1-6-7(2)16(5-15-6)10-4-8(12)3-9(13)11(10)14/h3-5H,14H2,1-2H3. The monoisotopic (exact) mass is 223 g/mol. The Kier molecular flexibility index (Phi) is 2.38. The van der Waals surface area contributed by atoms with E-state index in [0.29, 0.717) is 0 Å². The number of benzene rings is 1. The summed E-state index contributed by atoms with van der Waals surface area (Å²) >= 11 is 0. The number of nitrogen functional groups attached to an aromatic ring is 1. The summed E-state index contributed by atoms with van der Waals surface area (Å²) < 4.78 is 27.9. The van der Waals surface area contributed by atoms with Crippen LogP contribution >= 0.6 is 0 Å². The van der Waals surface area contributed by atoms with Crippen molar-refractivity contribution in [3.05, 3.63) is 41.5 Å². The first-order chi connectivity index (χ1) is 7.50. The molecule has 0 aliphatic rings. The number of anilines is 1. The number of nitrogens with zero attached hydrogens (tertiary/aromatic N) is 2. The Morgan fingerprint density at radius 1 is 1.25 bits per heavy atom. The molecule has 16 heavy (non-hydrogen) atoms. The van der Waals surface area contributed by atoms with E-state index in [9.17, 15) is 8.78 Å². The summed E-state index contributed by atoms with van der Waals surface area (Å²) in [6.07, 6.45) is 1.50. The van der Waals surface area contributed by atoms with Gasteiger partial charge in [-0.2, -0.15) is 0 Å². The van der Waals surface area contributed by atoms with Crippen molar-refractivity contribution < 1.29 is 8.78 Å². The molecule has 0 radical (unpaired) electrons. The molecule has 5 heteroatoms. The lowest BCUT2D eigenvalue weighted by atomic mass is 10.2. The van der Waals surface area contributed by atoms with Crippen molar-refractivity contribution in [2.45, 2.75) is 13.8 Å². The van der Waals surface area contributed by atoms with Crippen molar-refractivity contribution in [3.8, 4) is 5.69 Å². The Balaban J connectivity index is 2.69. The van der Waals surface area contributed by atoms with Crippen LogP contribution < -0.4 is 5.73 Å². The molecule has 2 aromatic rings. The first-order valence-corrected chi connectivity index (χ1v) is 4.76. The number of hydrogen-bond acceptors (Lipinski definition) is 2. The number of hydrogen-bond donors (Lipinski definition) is 1. The third kappa shape index (κ3) is 1.54. The summed E-state index contributed by atoms with van der Waals surface area (Å²) in [5.41, 5.74) is 7.36. The van der Waals surface area contributed by atoms with E-state index in [1.54, 1.807) is 4.57 Å². The zero-order valence-electron chi connectivity index (χ0n) is 8.96. The highest BCUT2D eigenvalue weighted by molar-refractivity contribution is 5.59. The highest BCUT2D eigenvalue weighted by Crippen LogP contribution is 2.24. The largest absolute Gasteiger partial charge is 0.395 e. The van der Waals surface area contributed by atoms with Crippen molar-refractivity contribution in [1.82, 2.24) is 9.55 Å². The third-order valence-corrected chi connectivity index (χ3v) is 2.58. The number of aryl methyl sites for hydroxylation is 1. The van der Waals surface area contributed by atoms with Crippen molar-refractivity contribution >= 4 is 5.69 Å². The van der Waals surface area contributed by atoms with Gasteiger partial charge in [-0.25, -0.2) is 13.8 Å². The predicted octanol–water partition coefficient (Wildman–Crippen LogP) is 2.35. The van der Waals surface area contributed by atoms with Crippen LogP contribution in [-0.2, 0) is 0 Å². The molecular weight excluding hydrogens is 212 g/mol. The molecule has 0 atom stereocenters. The third-order valence-electron chi connectivity index (χ3n) is 2.58. The van der Waals surface area contributed by atoms with Crippen LogP contribution in [-0.4, -0.2) is 9.55 Å². The number of halogens is 2. The first-order valence-electron chi connectivity index (χ1n) is 4.76. The molecule has 0 aliphatic heterocycles. The van der Waals surface area contributed by atoms with Gasteiger partial charge in [0.2, 0.25) is 0 Å². The second-order valence-electron chi connectivity index (χ2n) is 3.61. The van der Waals surface area contributed by atoms with E-state index in [2.05, 4.69) is 4.98 Å². The summed E-state index contributed by atoms with van der Waals surface area (Å²) in [4.78, 5) is 4.06. The van der Waals surface area contributed by atoms with Crippen molar-refractivity contribution in [3.63, 3.8) is 0 Å². The fourth-order valence-corrected chi connectivity index (χ4v) is 1.51. The van der Waals surface area contributed by atoms with Crippen LogP contribution in [0.15, 0.2) is 18.5 Å². The maximum atomic E-state index is 13.3. The molecule has 0 amide bonds. The van der Waals surface area contributed by atoms with E-state index in [4.69, 9.17) is 5.73 Å². The second kappa shape index (κ2) is 3.59. The normalized spacial score (nSPS) is 10.8. The van der Waals surface area contributed by atoms with Crippen LogP contribution in [0.1, 0.15) is 11.4 Å². The molecule has 3 nitrogen and oxygen atoms in total. The number of imidazole rings is 1. The lowest BCUT2D eigenvalue weighted by Gasteiger charge is -2.09. The van der Waals surface area contributed by atoms with Gasteiger partial charge in [-0.3, -0.25) is 0 Å². The van der Waals surface area contributed by atoms with Crippen molar-refractivity contribution in [2.24, 2.45) is 0 Å². The molecule has 0 spiro atoms. The molecule has 84 valence electrons. The van der Waals surface area contributed by atoms with Gasteiger partial charge in [-0.05, 0) is 13.8 Å². The summed E-state index contributed by atoms with van der Waals surface area (Å²) in [5.74, 6) is -1.42. The van der Waals surface area contributed by atoms with E-state index >= 15 is 0 Å². The Bertz CT molecular complexity index is 546. The van der Waals surface area contributed by atoms with E-state index in [1.807, 2.05) is 13.8 Å². The summed E-state index contributed by atoms with van der Waals surface area (Å²) in [6, 6.07) is 1.95. The summed E-state index contributed by atoms with van der Waals surface area (Å²) in [5, 5.41) is 0. The second-order valence-corrected chi connectivity index (χ2v) is 3.61. The molecule has 0 aliphatic carbocycles. The van der Waals surface area contributed by atoms with Crippen LogP contribution in [0.3, 0.4) is 0 Å². The van der Waals surface area contributed by atoms with E-state index in [0.717, 1.165) is 17.5 Å². The van der Waals surface area contributed by atoms with E-state index in [1.165, 1.54) is 12.4 Å². The fraction of sp³-hybridized carbons (Fsp3) is 0.182. The van der Waals surface area contributed by atoms with Gasteiger partial charge >= 0.3 is 0 Å². The topological polar surface area (TPSA) is 43.8 Å². The lowest BCUT2D eigenvalue weighted by molar-refractivity contribution is 0.584. The number of rotatable bonds is 1. The Morgan fingerprint density at radius 3 is 2.50 bits per heavy atom. The zero-order valence-corrected chi connectivity index (χ0v) is 8.96. The van der Waals surface area contributed by atoms with Gasteiger partial charge in [0.25, 0.3) is 0 Å². The zero-order chi connectivity index (χ0) is 11.9. The molecule has 2 rings (SSSR count). The van der Waals surface area contributed by atoms with Gasteiger partial charge in [-0.15, -0.1) is 0 Å². The van der Waals surface area contributed by atoms with Gasteiger partial charge in [-0.1, -0.05) is 0 Å². The molecule has 0 fully saturated rings. The molecule has 1 aromatic carbocycles. The van der Waals surface area contributed by atoms with Gasteiger partial charge in [0.15, 0.2) is 5.82 Å². The van der Waals surface area contributed by atoms with Gasteiger partial charge in [0.1, 0.15) is 5.82 Å². The SMILES string of the molecule is Cc1ncn(-c2cc(F)cc(F)c2N)c1C. The molecule has 0 bridgehead atoms. The number of aromatic nitrogens is 2. The van der Waals surface area contributed by atoms with Gasteiger partial charge in [0.05, 0.1) is 23.4 Å². The Morgan fingerprint density at radius 2 is 1.94 bits per heavy atom. The van der Waals surface area contributed by atoms with Crippen LogP contribution in [0.5, 0.6) is 0 Å². The molecular formula is C11H11F2N3. The van der Waals surface area contributed by atoms with Crippen molar-refractivity contribution in [2.75, 3.05) is 5.73 Å². The Hall–Kier alpha value is -1.91. The average Bonchev–Trinajstić information content (AvgIpc) is 2.54. The minimum absolute atomic E-state index is 0.0816. The van der Waals surface area contributed by atoms with Gasteiger partial charge < -0.3 is 10.3 Å². The molecule has 2 N–H and O–H groups in total. The number of nitrogens with two attached hydrogens (primary N) is 1. The molecule has 0 saturated heterocycles. The molecule has 0 unspecified atom stereocenters. The molecule has 1 heterocycles. The average molecular weight is 223 g/mol. The van der Waals surface area contributed by atoms with E-state index < -0.39 is 11.6 Å². The van der Waals surface area contributed by atoms with Crippen LogP contribution in [0.25, 0.3) is 5.69 Å². The minimum atomic E-state index is -0.763. The van der Waals surface area contributed by atoms with Crippen molar-refractivity contribution in [1.29, 1.82) is 0 Å². The lowest BCUT2D eigenvalue weighted by Crippen LogP contribution is -2.04. The summed E-state index contributed by atoms with van der Waals surface area (Å²) in [6.45, 7) is 3.63.